The third-order valence-corrected chi connectivity index (χ3v) is 2.38. The van der Waals surface area contributed by atoms with E-state index in [4.69, 9.17) is 5.73 Å². The highest BCUT2D eigenvalue weighted by atomic mass is 35.5. The van der Waals surface area contributed by atoms with Gasteiger partial charge in [0.2, 0.25) is 5.91 Å². The van der Waals surface area contributed by atoms with E-state index in [1.54, 1.807) is 18.3 Å². The molecule has 2 rings (SSSR count). The van der Waals surface area contributed by atoms with Crippen molar-refractivity contribution in [2.24, 2.45) is 5.73 Å². The molecular weight excluding hydrogens is 226 g/mol. The minimum atomic E-state index is -0.419. The highest BCUT2D eigenvalue weighted by molar-refractivity contribution is 6.15. The molecule has 0 aromatic carbocycles. The van der Waals surface area contributed by atoms with Crippen LogP contribution < -0.4 is 5.73 Å². The van der Waals surface area contributed by atoms with Gasteiger partial charge >= 0.3 is 0 Å². The predicted octanol–water partition coefficient (Wildman–Crippen LogP) is 1.91. The number of amides is 1. The Hall–Kier alpha value is -1.55. The number of carbonyl (C=O) groups is 1. The zero-order valence-electron chi connectivity index (χ0n) is 9.49. The summed E-state index contributed by atoms with van der Waals surface area (Å²) in [4.78, 5) is 15.3. The number of fused-ring (bicyclic) bond motifs is 1. The summed E-state index contributed by atoms with van der Waals surface area (Å²) in [5, 5.41) is 0. The summed E-state index contributed by atoms with van der Waals surface area (Å²) in [6.07, 6.45) is 3.19. The maximum absolute atomic E-state index is 11.0. The molecule has 0 saturated heterocycles. The Morgan fingerprint density at radius 3 is 2.56 bits per heavy atom. The normalized spacial score (nSPS) is 9.75. The Bertz CT molecular complexity index is 519. The van der Waals surface area contributed by atoms with Gasteiger partial charge in [-0.3, -0.25) is 4.79 Å². The molecular formula is C11H14ClN3O. The van der Waals surface area contributed by atoms with Crippen LogP contribution in [-0.4, -0.2) is 21.7 Å². The summed E-state index contributed by atoms with van der Waals surface area (Å²) in [7, 11) is 0. The molecule has 0 aliphatic heterocycles. The van der Waals surface area contributed by atoms with Gasteiger partial charge in [0.25, 0.3) is 0 Å². The number of aromatic nitrogens is 2. The molecule has 2 aromatic rings. The lowest BCUT2D eigenvalue weighted by molar-refractivity contribution is 0.1000. The van der Waals surface area contributed by atoms with Gasteiger partial charge in [-0.2, -0.15) is 0 Å². The van der Waals surface area contributed by atoms with Crippen molar-refractivity contribution in [2.45, 2.75) is 13.8 Å². The summed E-state index contributed by atoms with van der Waals surface area (Å²) in [6, 6.07) is 3.48. The van der Waals surface area contributed by atoms with Gasteiger partial charge in [-0.25, -0.2) is 4.98 Å². The lowest BCUT2D eigenvalue weighted by Gasteiger charge is -1.99. The van der Waals surface area contributed by atoms with Crippen molar-refractivity contribution in [1.82, 2.24) is 9.38 Å². The van der Waals surface area contributed by atoms with Crippen LogP contribution in [0.4, 0.5) is 0 Å². The summed E-state index contributed by atoms with van der Waals surface area (Å²) >= 11 is 4.64. The van der Waals surface area contributed by atoms with Crippen LogP contribution in [0.5, 0.6) is 0 Å². The van der Waals surface area contributed by atoms with Crippen LogP contribution in [0.2, 0.25) is 0 Å². The number of alkyl halides is 1. The molecule has 0 atom stereocenters. The van der Waals surface area contributed by atoms with E-state index in [9.17, 15) is 4.79 Å². The number of nitrogens with two attached hydrogens (primary N) is 1. The topological polar surface area (TPSA) is 60.4 Å². The minimum Gasteiger partial charge on any atom is -0.366 e. The van der Waals surface area contributed by atoms with Gasteiger partial charge in [0, 0.05) is 18.3 Å². The maximum Gasteiger partial charge on any atom is 0.250 e. The molecule has 0 bridgehead atoms. The first-order valence-electron chi connectivity index (χ1n) is 4.72. The molecule has 4 nitrogen and oxygen atoms in total. The van der Waals surface area contributed by atoms with Gasteiger partial charge in [0.15, 0.2) is 0 Å². The SMILES string of the molecule is CCl.Cc1nc2ccc(C(N)=O)cn2c1C. The van der Waals surface area contributed by atoms with Crippen LogP contribution in [0.15, 0.2) is 18.3 Å². The summed E-state index contributed by atoms with van der Waals surface area (Å²) < 4.78 is 1.87. The van der Waals surface area contributed by atoms with E-state index in [2.05, 4.69) is 16.6 Å². The second-order valence-electron chi connectivity index (χ2n) is 3.29. The fourth-order valence-electron chi connectivity index (χ4n) is 1.43. The van der Waals surface area contributed by atoms with E-state index in [1.807, 2.05) is 18.2 Å². The number of primary amides is 1. The molecule has 1 amide bonds. The van der Waals surface area contributed by atoms with Gasteiger partial charge in [0.1, 0.15) is 5.65 Å². The predicted molar refractivity (Wildman–Crippen MR) is 65.0 cm³/mol. The molecule has 2 aromatic heterocycles. The first kappa shape index (κ1) is 12.5. The molecule has 2 heterocycles. The quantitative estimate of drug-likeness (QED) is 0.773. The smallest absolute Gasteiger partial charge is 0.250 e. The summed E-state index contributed by atoms with van der Waals surface area (Å²) in [6.45, 7) is 3.90. The molecule has 5 heteroatoms. The second-order valence-corrected chi connectivity index (χ2v) is 3.29. The van der Waals surface area contributed by atoms with Gasteiger partial charge in [-0.05, 0) is 26.0 Å². The molecule has 0 fully saturated rings. The Morgan fingerprint density at radius 1 is 1.38 bits per heavy atom. The number of aryl methyl sites for hydroxylation is 2. The fraction of sp³-hybridized carbons (Fsp3) is 0.273. The average molecular weight is 240 g/mol. The van der Waals surface area contributed by atoms with E-state index in [0.29, 0.717) is 5.56 Å². The van der Waals surface area contributed by atoms with Crippen LogP contribution in [0, 0.1) is 13.8 Å². The van der Waals surface area contributed by atoms with Crippen LogP contribution in [-0.2, 0) is 0 Å². The summed E-state index contributed by atoms with van der Waals surface area (Å²) in [5.41, 5.74) is 8.52. The third kappa shape index (κ3) is 2.17. The monoisotopic (exact) mass is 239 g/mol. The van der Waals surface area contributed by atoms with Gasteiger partial charge in [0.05, 0.1) is 11.3 Å². The van der Waals surface area contributed by atoms with Crippen molar-refractivity contribution in [1.29, 1.82) is 0 Å². The number of hydrogen-bond acceptors (Lipinski definition) is 2. The molecule has 0 aliphatic carbocycles. The first-order valence-corrected chi connectivity index (χ1v) is 5.48. The van der Waals surface area contributed by atoms with Gasteiger partial charge in [-0.1, -0.05) is 0 Å². The number of halogens is 1. The molecule has 2 N–H and O–H groups in total. The number of imidazole rings is 1. The maximum atomic E-state index is 11.0. The Labute approximate surface area is 99.0 Å². The summed E-state index contributed by atoms with van der Waals surface area (Å²) in [5.74, 6) is -0.419. The van der Waals surface area contributed by atoms with E-state index >= 15 is 0 Å². The minimum absolute atomic E-state index is 0.419. The van der Waals surface area contributed by atoms with Crippen LogP contribution in [0.25, 0.3) is 5.65 Å². The number of carbonyl (C=O) groups excluding carboxylic acids is 1. The lowest BCUT2D eigenvalue weighted by Crippen LogP contribution is -2.11. The van der Waals surface area contributed by atoms with Crippen molar-refractivity contribution in [3.8, 4) is 0 Å². The van der Waals surface area contributed by atoms with E-state index < -0.39 is 5.91 Å². The second kappa shape index (κ2) is 4.99. The molecule has 86 valence electrons. The Balaban J connectivity index is 0.000000606. The van der Waals surface area contributed by atoms with Crippen molar-refractivity contribution in [2.75, 3.05) is 6.38 Å². The standard InChI is InChI=1S/C10H11N3O.CH3Cl/c1-6-7(2)13-5-8(10(11)14)3-4-9(13)12-6;1-2/h3-5H,1-2H3,(H2,11,14);1H3. The van der Waals surface area contributed by atoms with Crippen molar-refractivity contribution in [3.63, 3.8) is 0 Å². The lowest BCUT2D eigenvalue weighted by atomic mass is 10.3. The highest BCUT2D eigenvalue weighted by Crippen LogP contribution is 2.11. The number of hydrogen-bond donors (Lipinski definition) is 1. The van der Waals surface area contributed by atoms with Gasteiger partial charge < -0.3 is 10.1 Å². The molecule has 0 aliphatic rings. The highest BCUT2D eigenvalue weighted by Gasteiger charge is 2.06. The van der Waals surface area contributed by atoms with Gasteiger partial charge in [-0.15, -0.1) is 11.6 Å². The van der Waals surface area contributed by atoms with Crippen LogP contribution in [0.3, 0.4) is 0 Å². The number of rotatable bonds is 1. The number of nitrogens with zero attached hydrogens (tertiary/aromatic N) is 2. The fourth-order valence-corrected chi connectivity index (χ4v) is 1.43. The molecule has 0 spiro atoms. The first-order chi connectivity index (χ1) is 7.59. The van der Waals surface area contributed by atoms with Crippen molar-refractivity contribution >= 4 is 23.2 Å². The van der Waals surface area contributed by atoms with E-state index in [0.717, 1.165) is 17.0 Å². The largest absolute Gasteiger partial charge is 0.366 e. The zero-order valence-corrected chi connectivity index (χ0v) is 10.2. The molecule has 0 unspecified atom stereocenters. The Morgan fingerprint density at radius 2 is 2.00 bits per heavy atom. The van der Waals surface area contributed by atoms with Crippen LogP contribution in [0.1, 0.15) is 21.7 Å². The van der Waals surface area contributed by atoms with Crippen LogP contribution >= 0.6 is 11.6 Å². The average Bonchev–Trinajstić information content (AvgIpc) is 2.57. The number of pyridine rings is 1. The Kier molecular flexibility index (Phi) is 3.90. The molecule has 0 radical (unpaired) electrons. The molecule has 16 heavy (non-hydrogen) atoms. The van der Waals surface area contributed by atoms with E-state index in [1.165, 1.54) is 6.38 Å². The third-order valence-electron chi connectivity index (χ3n) is 2.38. The van der Waals surface area contributed by atoms with E-state index in [-0.39, 0.29) is 0 Å². The van der Waals surface area contributed by atoms with Crippen molar-refractivity contribution < 1.29 is 4.79 Å². The molecule has 0 saturated carbocycles. The van der Waals surface area contributed by atoms with Crippen molar-refractivity contribution in [3.05, 3.63) is 35.3 Å². The zero-order chi connectivity index (χ0) is 12.3.